The van der Waals surface area contributed by atoms with E-state index in [4.69, 9.17) is 11.6 Å². The summed E-state index contributed by atoms with van der Waals surface area (Å²) in [7, 11) is 0. The molecule has 0 spiro atoms. The van der Waals surface area contributed by atoms with E-state index in [9.17, 15) is 0 Å². The van der Waals surface area contributed by atoms with Crippen molar-refractivity contribution in [3.63, 3.8) is 0 Å². The molecule has 0 aliphatic carbocycles. The van der Waals surface area contributed by atoms with Crippen LogP contribution in [-0.2, 0) is 5.88 Å². The van der Waals surface area contributed by atoms with E-state index in [2.05, 4.69) is 57.5 Å². The van der Waals surface area contributed by atoms with E-state index in [1.54, 1.807) is 0 Å². The molecule has 96 valence electrons. The molecule has 0 atom stereocenters. The average molecular weight is 329 g/mol. The first kappa shape index (κ1) is 13.6. The Balaban J connectivity index is 2.56. The van der Waals surface area contributed by atoms with E-state index >= 15 is 0 Å². The highest BCUT2D eigenvalue weighted by atomic mass is 79.9. The molecule has 0 aliphatic rings. The molecule has 0 radical (unpaired) electrons. The van der Waals surface area contributed by atoms with Crippen molar-refractivity contribution in [3.05, 3.63) is 34.1 Å². The van der Waals surface area contributed by atoms with Gasteiger partial charge in [0.15, 0.2) is 5.82 Å². The van der Waals surface area contributed by atoms with E-state index in [1.807, 2.05) is 12.1 Å². The third kappa shape index (κ3) is 2.45. The SMILES string of the molecule is Cc1cc(-c2nnc(CCl)n2C(C)C)ccc1Br. The molecule has 0 N–H and O–H groups in total. The number of nitrogens with zero attached hydrogens (tertiary/aromatic N) is 3. The Morgan fingerprint density at radius 1 is 1.33 bits per heavy atom. The number of alkyl halides is 1. The Kier molecular flexibility index (Phi) is 4.07. The molecule has 0 aliphatic heterocycles. The molecule has 1 heterocycles. The second kappa shape index (κ2) is 5.41. The van der Waals surface area contributed by atoms with Gasteiger partial charge in [-0.3, -0.25) is 0 Å². The second-order valence-corrected chi connectivity index (χ2v) is 5.62. The summed E-state index contributed by atoms with van der Waals surface area (Å²) in [5, 5.41) is 8.42. The molecule has 0 bridgehead atoms. The number of benzene rings is 1. The summed E-state index contributed by atoms with van der Waals surface area (Å²) in [5.41, 5.74) is 2.24. The van der Waals surface area contributed by atoms with E-state index in [-0.39, 0.29) is 6.04 Å². The molecule has 1 aromatic carbocycles. The van der Waals surface area contributed by atoms with Crippen LogP contribution in [0.15, 0.2) is 22.7 Å². The molecular formula is C13H15BrClN3. The molecule has 18 heavy (non-hydrogen) atoms. The lowest BCUT2D eigenvalue weighted by atomic mass is 10.1. The lowest BCUT2D eigenvalue weighted by Gasteiger charge is -2.13. The minimum atomic E-state index is 0.285. The van der Waals surface area contributed by atoms with Gasteiger partial charge in [0.05, 0.1) is 5.88 Å². The zero-order valence-corrected chi connectivity index (χ0v) is 13.0. The molecule has 0 saturated heterocycles. The molecule has 0 saturated carbocycles. The third-order valence-corrected chi connectivity index (χ3v) is 3.95. The molecule has 0 amide bonds. The van der Waals surface area contributed by atoms with E-state index in [0.29, 0.717) is 5.88 Å². The Labute approximate surface area is 120 Å². The van der Waals surface area contributed by atoms with Crippen molar-refractivity contribution in [1.29, 1.82) is 0 Å². The van der Waals surface area contributed by atoms with Crippen LogP contribution >= 0.6 is 27.5 Å². The number of rotatable bonds is 3. The Bertz CT molecular complexity index is 563. The van der Waals surface area contributed by atoms with Gasteiger partial charge in [-0.2, -0.15) is 0 Å². The molecule has 5 heteroatoms. The number of hydrogen-bond acceptors (Lipinski definition) is 2. The van der Waals surface area contributed by atoms with E-state index < -0.39 is 0 Å². The first-order valence-electron chi connectivity index (χ1n) is 5.81. The second-order valence-electron chi connectivity index (χ2n) is 4.50. The largest absolute Gasteiger partial charge is 0.307 e. The van der Waals surface area contributed by atoms with Crippen LogP contribution < -0.4 is 0 Å². The first-order chi connectivity index (χ1) is 8.54. The van der Waals surface area contributed by atoms with Crippen LogP contribution in [0.25, 0.3) is 11.4 Å². The fourth-order valence-corrected chi connectivity index (χ4v) is 2.37. The summed E-state index contributed by atoms with van der Waals surface area (Å²) >= 11 is 9.41. The number of aromatic nitrogens is 3. The molecule has 0 fully saturated rings. The van der Waals surface area contributed by atoms with Crippen LogP contribution in [0.2, 0.25) is 0 Å². The maximum Gasteiger partial charge on any atom is 0.164 e. The van der Waals surface area contributed by atoms with Gasteiger partial charge in [-0.1, -0.05) is 22.0 Å². The van der Waals surface area contributed by atoms with Crippen molar-refractivity contribution in [2.45, 2.75) is 32.7 Å². The molecule has 3 nitrogen and oxygen atoms in total. The first-order valence-corrected chi connectivity index (χ1v) is 7.13. The van der Waals surface area contributed by atoms with E-state index in [0.717, 1.165) is 21.7 Å². The zero-order valence-electron chi connectivity index (χ0n) is 10.6. The minimum Gasteiger partial charge on any atom is -0.307 e. The molecule has 0 unspecified atom stereocenters. The van der Waals surface area contributed by atoms with Crippen LogP contribution in [0.1, 0.15) is 31.3 Å². The topological polar surface area (TPSA) is 30.7 Å². The van der Waals surface area contributed by atoms with Gasteiger partial charge in [-0.25, -0.2) is 0 Å². The van der Waals surface area contributed by atoms with E-state index in [1.165, 1.54) is 5.56 Å². The highest BCUT2D eigenvalue weighted by molar-refractivity contribution is 9.10. The Morgan fingerprint density at radius 3 is 2.61 bits per heavy atom. The summed E-state index contributed by atoms with van der Waals surface area (Å²) in [5.74, 6) is 2.05. The summed E-state index contributed by atoms with van der Waals surface area (Å²) in [6, 6.07) is 6.46. The van der Waals surface area contributed by atoms with Gasteiger partial charge in [-0.15, -0.1) is 21.8 Å². The predicted molar refractivity (Wildman–Crippen MR) is 77.8 cm³/mol. The van der Waals surface area contributed by atoms with Gasteiger partial charge in [0.25, 0.3) is 0 Å². The van der Waals surface area contributed by atoms with Crippen molar-refractivity contribution in [3.8, 4) is 11.4 Å². The number of aryl methyl sites for hydroxylation is 1. The fraction of sp³-hybridized carbons (Fsp3) is 0.385. The monoisotopic (exact) mass is 327 g/mol. The standard InChI is InChI=1S/C13H15BrClN3/c1-8(2)18-12(7-15)16-17-13(18)10-4-5-11(14)9(3)6-10/h4-6,8H,7H2,1-3H3. The third-order valence-electron chi connectivity index (χ3n) is 2.82. The smallest absolute Gasteiger partial charge is 0.164 e. The molecule has 1 aromatic heterocycles. The van der Waals surface area contributed by atoms with Crippen molar-refractivity contribution >= 4 is 27.5 Å². The number of halogens is 2. The highest BCUT2D eigenvalue weighted by Crippen LogP contribution is 2.26. The lowest BCUT2D eigenvalue weighted by molar-refractivity contribution is 0.585. The normalized spacial score (nSPS) is 11.2. The summed E-state index contributed by atoms with van der Waals surface area (Å²) < 4.78 is 3.18. The van der Waals surface area contributed by atoms with Gasteiger partial charge >= 0.3 is 0 Å². The quantitative estimate of drug-likeness (QED) is 0.785. The molecular weight excluding hydrogens is 314 g/mol. The summed E-state index contributed by atoms with van der Waals surface area (Å²) in [4.78, 5) is 0. The van der Waals surface area contributed by atoms with Gasteiger partial charge in [-0.05, 0) is 38.5 Å². The Morgan fingerprint density at radius 2 is 2.06 bits per heavy atom. The van der Waals surface area contributed by atoms with Gasteiger partial charge < -0.3 is 4.57 Å². The van der Waals surface area contributed by atoms with Crippen LogP contribution in [-0.4, -0.2) is 14.8 Å². The maximum absolute atomic E-state index is 5.90. The summed E-state index contributed by atoms with van der Waals surface area (Å²) in [6.07, 6.45) is 0. The van der Waals surface area contributed by atoms with Crippen molar-refractivity contribution < 1.29 is 0 Å². The van der Waals surface area contributed by atoms with Crippen molar-refractivity contribution in [2.24, 2.45) is 0 Å². The van der Waals surface area contributed by atoms with Gasteiger partial charge in [0.1, 0.15) is 5.82 Å². The van der Waals surface area contributed by atoms with Crippen molar-refractivity contribution in [1.82, 2.24) is 14.8 Å². The van der Waals surface area contributed by atoms with Crippen LogP contribution in [0.5, 0.6) is 0 Å². The minimum absolute atomic E-state index is 0.285. The van der Waals surface area contributed by atoms with Gasteiger partial charge in [0.2, 0.25) is 0 Å². The zero-order chi connectivity index (χ0) is 13.3. The van der Waals surface area contributed by atoms with Gasteiger partial charge in [0, 0.05) is 16.1 Å². The molecule has 2 rings (SSSR count). The number of hydrogen-bond donors (Lipinski definition) is 0. The van der Waals surface area contributed by atoms with Crippen molar-refractivity contribution in [2.75, 3.05) is 0 Å². The lowest BCUT2D eigenvalue weighted by Crippen LogP contribution is -2.07. The Hall–Kier alpha value is -0.870. The average Bonchev–Trinajstić information content (AvgIpc) is 2.76. The summed E-state index contributed by atoms with van der Waals surface area (Å²) in [6.45, 7) is 6.27. The van der Waals surface area contributed by atoms with Crippen LogP contribution in [0, 0.1) is 6.92 Å². The van der Waals surface area contributed by atoms with Crippen LogP contribution in [0.3, 0.4) is 0 Å². The predicted octanol–water partition coefficient (Wildman–Crippen LogP) is 4.34. The molecule has 2 aromatic rings. The maximum atomic E-state index is 5.90. The highest BCUT2D eigenvalue weighted by Gasteiger charge is 2.15. The fourth-order valence-electron chi connectivity index (χ4n) is 1.94. The van der Waals surface area contributed by atoms with Crippen LogP contribution in [0.4, 0.5) is 0 Å².